The highest BCUT2D eigenvalue weighted by Gasteiger charge is 2.15. The molecular formula is C16H16O3. The zero-order chi connectivity index (χ0) is 13.5. The molecule has 0 saturated carbocycles. The Kier molecular flexibility index (Phi) is 4.70. The lowest BCUT2D eigenvalue weighted by Gasteiger charge is -2.16. The molecule has 3 heteroatoms. The fraction of sp³-hybridized carbons (Fsp3) is 0.188. The number of hydrogen-bond donors (Lipinski definition) is 0. The van der Waals surface area contributed by atoms with Gasteiger partial charge in [-0.2, -0.15) is 0 Å². The van der Waals surface area contributed by atoms with E-state index in [1.807, 2.05) is 60.7 Å². The molecule has 2 rings (SSSR count). The SMILES string of the molecule is COC(OC(=O)Cc1ccccc1)c1ccccc1. The van der Waals surface area contributed by atoms with Gasteiger partial charge in [0.2, 0.25) is 6.29 Å². The summed E-state index contributed by atoms with van der Waals surface area (Å²) in [5.74, 6) is -0.304. The zero-order valence-electron chi connectivity index (χ0n) is 10.8. The third-order valence-electron chi connectivity index (χ3n) is 2.72. The van der Waals surface area contributed by atoms with Crippen LogP contribution < -0.4 is 0 Å². The first-order valence-corrected chi connectivity index (χ1v) is 6.11. The van der Waals surface area contributed by atoms with Gasteiger partial charge >= 0.3 is 5.97 Å². The normalized spacial score (nSPS) is 11.8. The molecule has 0 bridgehead atoms. The van der Waals surface area contributed by atoms with E-state index in [1.165, 1.54) is 7.11 Å². The quantitative estimate of drug-likeness (QED) is 0.609. The van der Waals surface area contributed by atoms with Crippen molar-refractivity contribution >= 4 is 5.97 Å². The summed E-state index contributed by atoms with van der Waals surface area (Å²) in [6.07, 6.45) is -0.412. The number of hydrogen-bond acceptors (Lipinski definition) is 3. The van der Waals surface area contributed by atoms with Crippen molar-refractivity contribution in [3.8, 4) is 0 Å². The highest BCUT2D eigenvalue weighted by atomic mass is 16.7. The van der Waals surface area contributed by atoms with Gasteiger partial charge in [-0.25, -0.2) is 0 Å². The van der Waals surface area contributed by atoms with Gasteiger partial charge in [0.25, 0.3) is 0 Å². The first-order valence-electron chi connectivity index (χ1n) is 6.11. The molecular weight excluding hydrogens is 240 g/mol. The van der Waals surface area contributed by atoms with Crippen LogP contribution in [0.2, 0.25) is 0 Å². The summed E-state index contributed by atoms with van der Waals surface area (Å²) in [4.78, 5) is 11.9. The van der Waals surface area contributed by atoms with Crippen LogP contribution in [-0.4, -0.2) is 13.1 Å². The van der Waals surface area contributed by atoms with E-state index in [9.17, 15) is 4.79 Å². The second-order valence-electron chi connectivity index (χ2n) is 4.13. The minimum absolute atomic E-state index is 0.244. The third-order valence-corrected chi connectivity index (χ3v) is 2.72. The van der Waals surface area contributed by atoms with Crippen LogP contribution in [0, 0.1) is 0 Å². The molecule has 19 heavy (non-hydrogen) atoms. The number of esters is 1. The van der Waals surface area contributed by atoms with Crippen LogP contribution >= 0.6 is 0 Å². The number of rotatable bonds is 5. The lowest BCUT2D eigenvalue weighted by molar-refractivity contribution is -0.174. The van der Waals surface area contributed by atoms with Gasteiger partial charge in [-0.15, -0.1) is 0 Å². The Balaban J connectivity index is 1.97. The topological polar surface area (TPSA) is 35.5 Å². The molecule has 0 N–H and O–H groups in total. The molecule has 1 unspecified atom stereocenters. The molecule has 3 nitrogen and oxygen atoms in total. The van der Waals surface area contributed by atoms with Gasteiger partial charge in [0.05, 0.1) is 6.42 Å². The van der Waals surface area contributed by atoms with Crippen molar-refractivity contribution < 1.29 is 14.3 Å². The second kappa shape index (κ2) is 6.71. The maximum atomic E-state index is 11.9. The Hall–Kier alpha value is -2.13. The van der Waals surface area contributed by atoms with Crippen molar-refractivity contribution in [1.82, 2.24) is 0 Å². The van der Waals surface area contributed by atoms with Crippen molar-refractivity contribution in [2.24, 2.45) is 0 Å². The maximum absolute atomic E-state index is 11.9. The molecule has 98 valence electrons. The van der Waals surface area contributed by atoms with Gasteiger partial charge in [0.1, 0.15) is 0 Å². The minimum atomic E-state index is -0.655. The Morgan fingerprint density at radius 2 is 1.58 bits per heavy atom. The molecule has 0 aliphatic carbocycles. The molecule has 0 aliphatic rings. The Morgan fingerprint density at radius 3 is 2.16 bits per heavy atom. The molecule has 1 atom stereocenters. The standard InChI is InChI=1S/C16H16O3/c1-18-16(14-10-6-3-7-11-14)19-15(17)12-13-8-4-2-5-9-13/h2-11,16H,12H2,1H3. The maximum Gasteiger partial charge on any atom is 0.312 e. The van der Waals surface area contributed by atoms with Crippen molar-refractivity contribution in [3.63, 3.8) is 0 Å². The van der Waals surface area contributed by atoms with E-state index in [0.717, 1.165) is 11.1 Å². The average molecular weight is 256 g/mol. The van der Waals surface area contributed by atoms with Crippen LogP contribution in [0.25, 0.3) is 0 Å². The van der Waals surface area contributed by atoms with Gasteiger partial charge < -0.3 is 9.47 Å². The first-order chi connectivity index (χ1) is 9.29. The molecule has 2 aromatic carbocycles. The van der Waals surface area contributed by atoms with Crippen LogP contribution in [0.1, 0.15) is 17.4 Å². The molecule has 0 saturated heterocycles. The largest absolute Gasteiger partial charge is 0.431 e. The summed E-state index contributed by atoms with van der Waals surface area (Å²) in [5, 5.41) is 0. The van der Waals surface area contributed by atoms with Crippen molar-refractivity contribution in [2.45, 2.75) is 12.7 Å². The van der Waals surface area contributed by atoms with E-state index in [4.69, 9.17) is 9.47 Å². The van der Waals surface area contributed by atoms with Crippen LogP contribution in [0.4, 0.5) is 0 Å². The lowest BCUT2D eigenvalue weighted by atomic mass is 10.1. The van der Waals surface area contributed by atoms with Crippen LogP contribution in [0.5, 0.6) is 0 Å². The fourth-order valence-corrected chi connectivity index (χ4v) is 1.79. The van der Waals surface area contributed by atoms with E-state index in [1.54, 1.807) is 0 Å². The van der Waals surface area contributed by atoms with Gasteiger partial charge in [0.15, 0.2) is 0 Å². The Labute approximate surface area is 112 Å². The highest BCUT2D eigenvalue weighted by molar-refractivity contribution is 5.72. The molecule has 0 heterocycles. The van der Waals surface area contributed by atoms with Crippen molar-refractivity contribution in [3.05, 3.63) is 71.8 Å². The highest BCUT2D eigenvalue weighted by Crippen LogP contribution is 2.18. The average Bonchev–Trinajstić information content (AvgIpc) is 2.47. The summed E-state index contributed by atoms with van der Waals surface area (Å²) >= 11 is 0. The molecule has 0 radical (unpaired) electrons. The number of carbonyl (C=O) groups is 1. The number of ether oxygens (including phenoxy) is 2. The number of methoxy groups -OCH3 is 1. The number of carbonyl (C=O) groups excluding carboxylic acids is 1. The van der Waals surface area contributed by atoms with E-state index < -0.39 is 6.29 Å². The van der Waals surface area contributed by atoms with Crippen molar-refractivity contribution in [1.29, 1.82) is 0 Å². The molecule has 0 aliphatic heterocycles. The fourth-order valence-electron chi connectivity index (χ4n) is 1.79. The molecule has 0 amide bonds. The predicted molar refractivity (Wildman–Crippen MR) is 72.4 cm³/mol. The van der Waals surface area contributed by atoms with Gasteiger partial charge in [-0.1, -0.05) is 60.7 Å². The zero-order valence-corrected chi connectivity index (χ0v) is 10.8. The van der Waals surface area contributed by atoms with E-state index in [0.29, 0.717) is 0 Å². The minimum Gasteiger partial charge on any atom is -0.431 e. The summed E-state index contributed by atoms with van der Waals surface area (Å²) in [7, 11) is 1.52. The molecule has 0 fully saturated rings. The summed E-state index contributed by atoms with van der Waals surface area (Å²) in [6.45, 7) is 0. The lowest BCUT2D eigenvalue weighted by Crippen LogP contribution is -2.14. The smallest absolute Gasteiger partial charge is 0.312 e. The number of benzene rings is 2. The van der Waals surface area contributed by atoms with Gasteiger partial charge in [0, 0.05) is 12.7 Å². The predicted octanol–water partition coefficient (Wildman–Crippen LogP) is 3.12. The molecule has 2 aromatic rings. The summed E-state index contributed by atoms with van der Waals surface area (Å²) < 4.78 is 10.5. The molecule has 0 spiro atoms. The van der Waals surface area contributed by atoms with E-state index >= 15 is 0 Å². The van der Waals surface area contributed by atoms with Crippen LogP contribution in [0.15, 0.2) is 60.7 Å². The Morgan fingerprint density at radius 1 is 1.00 bits per heavy atom. The third kappa shape index (κ3) is 3.93. The van der Waals surface area contributed by atoms with E-state index in [-0.39, 0.29) is 12.4 Å². The van der Waals surface area contributed by atoms with Gasteiger partial charge in [-0.05, 0) is 5.56 Å². The van der Waals surface area contributed by atoms with Crippen LogP contribution in [-0.2, 0) is 20.7 Å². The summed E-state index contributed by atoms with van der Waals surface area (Å²) in [5.41, 5.74) is 1.75. The van der Waals surface area contributed by atoms with Crippen molar-refractivity contribution in [2.75, 3.05) is 7.11 Å². The first kappa shape index (κ1) is 13.3. The van der Waals surface area contributed by atoms with Crippen LogP contribution in [0.3, 0.4) is 0 Å². The summed E-state index contributed by atoms with van der Waals surface area (Å²) in [6, 6.07) is 18.9. The monoisotopic (exact) mass is 256 g/mol. The second-order valence-corrected chi connectivity index (χ2v) is 4.13. The molecule has 0 aromatic heterocycles. The van der Waals surface area contributed by atoms with E-state index in [2.05, 4.69) is 0 Å². The Bertz CT molecular complexity index is 508. The van der Waals surface area contributed by atoms with Gasteiger partial charge in [-0.3, -0.25) is 4.79 Å².